The molecule has 0 amide bonds. The van der Waals surface area contributed by atoms with Crippen LogP contribution in [0.25, 0.3) is 5.57 Å². The molecule has 0 aromatic heterocycles. The zero-order valence-electron chi connectivity index (χ0n) is 14.2. The van der Waals surface area contributed by atoms with E-state index in [2.05, 4.69) is 16.9 Å². The number of hydrogen-bond acceptors (Lipinski definition) is 2. The van der Waals surface area contributed by atoms with Crippen LogP contribution in [0.15, 0.2) is 71.3 Å². The molecule has 2 aromatic rings. The second kappa shape index (κ2) is 6.34. The number of rotatable bonds is 4. The van der Waals surface area contributed by atoms with Gasteiger partial charge in [-0.3, -0.25) is 4.72 Å². The fourth-order valence-electron chi connectivity index (χ4n) is 4.34. The smallest absolute Gasteiger partial charge is 0.261 e. The Morgan fingerprint density at radius 3 is 2.04 bits per heavy atom. The van der Waals surface area contributed by atoms with Crippen LogP contribution in [0.1, 0.15) is 44.1 Å². The van der Waals surface area contributed by atoms with Crippen LogP contribution >= 0.6 is 0 Å². The minimum absolute atomic E-state index is 0.250. The first kappa shape index (κ1) is 16.4. The van der Waals surface area contributed by atoms with E-state index in [4.69, 9.17) is 0 Å². The second-order valence-corrected chi connectivity index (χ2v) is 8.98. The fraction of sp³-hybridized carbons (Fsp3) is 0.333. The Morgan fingerprint density at radius 2 is 1.40 bits per heavy atom. The summed E-state index contributed by atoms with van der Waals surface area (Å²) < 4.78 is 28.6. The predicted molar refractivity (Wildman–Crippen MR) is 100 cm³/mol. The minimum Gasteiger partial charge on any atom is -0.283 e. The van der Waals surface area contributed by atoms with Crippen molar-refractivity contribution in [1.82, 2.24) is 4.72 Å². The Labute approximate surface area is 149 Å². The average molecular weight is 353 g/mol. The molecule has 1 N–H and O–H groups in total. The lowest BCUT2D eigenvalue weighted by atomic mass is 9.82. The van der Waals surface area contributed by atoms with Crippen LogP contribution < -0.4 is 4.72 Å². The molecule has 4 heteroatoms. The Morgan fingerprint density at radius 1 is 0.800 bits per heavy atom. The third-order valence-corrected chi connectivity index (χ3v) is 6.97. The molecule has 0 heterocycles. The summed E-state index contributed by atoms with van der Waals surface area (Å²) in [6.07, 6.45) is 6.70. The zero-order valence-corrected chi connectivity index (χ0v) is 15.1. The number of sulfonamides is 1. The van der Waals surface area contributed by atoms with Gasteiger partial charge in [0.2, 0.25) is 0 Å². The van der Waals surface area contributed by atoms with Gasteiger partial charge in [-0.2, -0.15) is 0 Å². The van der Waals surface area contributed by atoms with Crippen LogP contribution in [-0.4, -0.2) is 8.42 Å². The van der Waals surface area contributed by atoms with Crippen molar-refractivity contribution >= 4 is 15.6 Å². The maximum atomic E-state index is 12.8. The Kier molecular flexibility index (Phi) is 4.16. The number of hydrogen-bond donors (Lipinski definition) is 1. The van der Waals surface area contributed by atoms with Crippen molar-refractivity contribution in [1.29, 1.82) is 0 Å². The van der Waals surface area contributed by atoms with E-state index >= 15 is 0 Å². The molecule has 130 valence electrons. The van der Waals surface area contributed by atoms with Gasteiger partial charge < -0.3 is 0 Å². The van der Waals surface area contributed by atoms with Gasteiger partial charge in [-0.1, -0.05) is 61.4 Å². The molecular weight excluding hydrogens is 330 g/mol. The van der Waals surface area contributed by atoms with Crippen LogP contribution in [0.2, 0.25) is 0 Å². The topological polar surface area (TPSA) is 46.2 Å². The molecule has 3 nitrogen and oxygen atoms in total. The van der Waals surface area contributed by atoms with E-state index in [1.54, 1.807) is 24.3 Å². The monoisotopic (exact) mass is 353 g/mol. The van der Waals surface area contributed by atoms with Crippen molar-refractivity contribution in [3.63, 3.8) is 0 Å². The van der Waals surface area contributed by atoms with Crippen LogP contribution in [0, 0.1) is 5.41 Å². The molecule has 2 aliphatic rings. The first-order valence-electron chi connectivity index (χ1n) is 8.93. The highest BCUT2D eigenvalue weighted by atomic mass is 32.2. The highest BCUT2D eigenvalue weighted by Gasteiger charge is 2.42. The first-order chi connectivity index (χ1) is 12.1. The summed E-state index contributed by atoms with van der Waals surface area (Å²) in [5.74, 6) is 0. The summed E-state index contributed by atoms with van der Waals surface area (Å²) in [4.78, 5) is 0.322. The van der Waals surface area contributed by atoms with Crippen molar-refractivity contribution in [3.8, 4) is 0 Å². The van der Waals surface area contributed by atoms with E-state index in [0.29, 0.717) is 4.90 Å². The molecule has 0 atom stereocenters. The third-order valence-electron chi connectivity index (χ3n) is 5.57. The summed E-state index contributed by atoms with van der Waals surface area (Å²) in [5, 5.41) is 0. The number of allylic oxidation sites excluding steroid dienone is 2. The van der Waals surface area contributed by atoms with E-state index in [1.807, 2.05) is 24.3 Å². The van der Waals surface area contributed by atoms with Gasteiger partial charge in [-0.15, -0.1) is 0 Å². The van der Waals surface area contributed by atoms with Gasteiger partial charge in [0.25, 0.3) is 10.0 Å². The Hall–Kier alpha value is -2.07. The van der Waals surface area contributed by atoms with Crippen LogP contribution in [0.5, 0.6) is 0 Å². The Balaban J connectivity index is 1.71. The van der Waals surface area contributed by atoms with E-state index < -0.39 is 10.0 Å². The zero-order chi connectivity index (χ0) is 17.3. The summed E-state index contributed by atoms with van der Waals surface area (Å²) in [6.45, 7) is 0. The molecule has 1 fully saturated rings. The average Bonchev–Trinajstić information content (AvgIpc) is 3.23. The highest BCUT2D eigenvalue weighted by molar-refractivity contribution is 7.89. The van der Waals surface area contributed by atoms with Gasteiger partial charge >= 0.3 is 0 Å². The molecule has 1 spiro atoms. The molecule has 0 aliphatic heterocycles. The van der Waals surface area contributed by atoms with Crippen molar-refractivity contribution in [2.45, 2.75) is 43.4 Å². The highest BCUT2D eigenvalue weighted by Crippen LogP contribution is 2.54. The van der Waals surface area contributed by atoms with E-state index in [9.17, 15) is 8.42 Å². The first-order valence-corrected chi connectivity index (χ1v) is 10.4. The van der Waals surface area contributed by atoms with Gasteiger partial charge in [0, 0.05) is 5.70 Å². The summed E-state index contributed by atoms with van der Waals surface area (Å²) >= 11 is 0. The van der Waals surface area contributed by atoms with Gasteiger partial charge in [-0.25, -0.2) is 8.42 Å². The summed E-state index contributed by atoms with van der Waals surface area (Å²) in [6, 6.07) is 18.8. The van der Waals surface area contributed by atoms with Gasteiger partial charge in [-0.05, 0) is 54.4 Å². The van der Waals surface area contributed by atoms with Crippen molar-refractivity contribution in [3.05, 3.63) is 71.9 Å². The molecule has 2 aromatic carbocycles. The maximum absolute atomic E-state index is 12.8. The lowest BCUT2D eigenvalue weighted by Gasteiger charge is -2.23. The van der Waals surface area contributed by atoms with Crippen LogP contribution in [0.3, 0.4) is 0 Å². The van der Waals surface area contributed by atoms with Gasteiger partial charge in [0.05, 0.1) is 4.90 Å². The van der Waals surface area contributed by atoms with Gasteiger partial charge in [0.15, 0.2) is 0 Å². The van der Waals surface area contributed by atoms with E-state index in [0.717, 1.165) is 24.1 Å². The summed E-state index contributed by atoms with van der Waals surface area (Å²) in [7, 11) is -3.54. The van der Waals surface area contributed by atoms with Crippen molar-refractivity contribution < 1.29 is 8.42 Å². The largest absolute Gasteiger partial charge is 0.283 e. The summed E-state index contributed by atoms with van der Waals surface area (Å²) in [5.41, 5.74) is 3.44. The van der Waals surface area contributed by atoms with E-state index in [-0.39, 0.29) is 5.41 Å². The Bertz CT molecular complexity index is 880. The molecule has 0 saturated heterocycles. The van der Waals surface area contributed by atoms with Crippen molar-refractivity contribution in [2.24, 2.45) is 5.41 Å². The standard InChI is InChI=1S/C21H23NO2S/c23-25(24,18-11-5-2-6-12-18)22-20-16-21(13-7-8-14-21)15-19(20)17-9-3-1-4-10-17/h1-6,9-12,22H,7-8,13-16H2. The quantitative estimate of drug-likeness (QED) is 0.864. The van der Waals surface area contributed by atoms with Crippen molar-refractivity contribution in [2.75, 3.05) is 0 Å². The van der Waals surface area contributed by atoms with Crippen LogP contribution in [-0.2, 0) is 10.0 Å². The molecule has 4 rings (SSSR count). The lowest BCUT2D eigenvalue weighted by molar-refractivity contribution is 0.319. The SMILES string of the molecule is O=S(=O)(NC1=C(c2ccccc2)CC2(CCCC2)C1)c1ccccc1. The second-order valence-electron chi connectivity index (χ2n) is 7.30. The molecule has 25 heavy (non-hydrogen) atoms. The number of benzene rings is 2. The fourth-order valence-corrected chi connectivity index (χ4v) is 5.49. The normalized spacial score (nSPS) is 19.5. The molecule has 0 bridgehead atoms. The molecular formula is C21H23NO2S. The molecule has 2 aliphatic carbocycles. The molecule has 1 saturated carbocycles. The van der Waals surface area contributed by atoms with Gasteiger partial charge in [0.1, 0.15) is 0 Å². The minimum atomic E-state index is -3.54. The van der Waals surface area contributed by atoms with E-state index in [1.165, 1.54) is 31.3 Å². The van der Waals surface area contributed by atoms with Crippen LogP contribution in [0.4, 0.5) is 0 Å². The lowest BCUT2D eigenvalue weighted by Crippen LogP contribution is -2.24. The third kappa shape index (κ3) is 3.23. The number of nitrogens with one attached hydrogen (secondary N) is 1. The molecule has 0 unspecified atom stereocenters. The maximum Gasteiger partial charge on any atom is 0.261 e. The predicted octanol–water partition coefficient (Wildman–Crippen LogP) is 4.73. The molecule has 0 radical (unpaired) electrons.